The molecule has 2 aromatic carbocycles. The zero-order valence-corrected chi connectivity index (χ0v) is 12.3. The molecule has 0 atom stereocenters. The summed E-state index contributed by atoms with van der Waals surface area (Å²) in [6.45, 7) is 3.31. The van der Waals surface area contributed by atoms with E-state index in [1.807, 2.05) is 6.92 Å². The molecule has 2 aromatic rings. The third kappa shape index (κ3) is 3.71. The van der Waals surface area contributed by atoms with Gasteiger partial charge >= 0.3 is 5.69 Å². The van der Waals surface area contributed by atoms with E-state index in [9.17, 15) is 10.1 Å². The Morgan fingerprint density at radius 3 is 2.62 bits per heavy atom. The number of hydrogen-bond acceptors (Lipinski definition) is 4. The molecule has 1 N–H and O–H groups in total. The summed E-state index contributed by atoms with van der Waals surface area (Å²) in [6, 6.07) is 11.5. The van der Waals surface area contributed by atoms with Crippen molar-refractivity contribution in [2.24, 2.45) is 0 Å². The fourth-order valence-electron chi connectivity index (χ4n) is 1.87. The molecule has 0 aliphatic heterocycles. The van der Waals surface area contributed by atoms with Crippen LogP contribution >= 0.6 is 11.6 Å². The van der Waals surface area contributed by atoms with Gasteiger partial charge in [0.05, 0.1) is 4.92 Å². The Kier molecular flexibility index (Phi) is 5.14. The zero-order valence-electron chi connectivity index (χ0n) is 11.5. The van der Waals surface area contributed by atoms with Crippen LogP contribution in [0.25, 0.3) is 0 Å². The molecule has 0 aromatic heterocycles. The first kappa shape index (κ1) is 15.3. The maximum atomic E-state index is 11.0. The van der Waals surface area contributed by atoms with Gasteiger partial charge in [0.25, 0.3) is 0 Å². The molecule has 5 nitrogen and oxygen atoms in total. The zero-order chi connectivity index (χ0) is 15.2. The van der Waals surface area contributed by atoms with Crippen LogP contribution in [0.3, 0.4) is 0 Å². The molecule has 0 radical (unpaired) electrons. The summed E-state index contributed by atoms with van der Waals surface area (Å²) >= 11 is 6.18. The van der Waals surface area contributed by atoms with E-state index in [-0.39, 0.29) is 11.4 Å². The third-order valence-corrected chi connectivity index (χ3v) is 3.26. The van der Waals surface area contributed by atoms with Crippen LogP contribution in [0.2, 0.25) is 5.02 Å². The van der Waals surface area contributed by atoms with Gasteiger partial charge in [-0.3, -0.25) is 10.1 Å². The lowest BCUT2D eigenvalue weighted by Crippen LogP contribution is -2.12. The molecule has 0 aliphatic rings. The van der Waals surface area contributed by atoms with Crippen LogP contribution in [-0.2, 0) is 6.54 Å². The average molecular weight is 307 g/mol. The molecule has 110 valence electrons. The third-order valence-electron chi connectivity index (χ3n) is 2.91. The monoisotopic (exact) mass is 306 g/mol. The minimum absolute atomic E-state index is 0.0770. The highest BCUT2D eigenvalue weighted by atomic mass is 35.5. The summed E-state index contributed by atoms with van der Waals surface area (Å²) in [5, 5.41) is 14.8. The number of nitrogens with zero attached hydrogens (tertiary/aromatic N) is 1. The average Bonchev–Trinajstić information content (AvgIpc) is 2.47. The van der Waals surface area contributed by atoms with Gasteiger partial charge in [0.2, 0.25) is 5.75 Å². The first-order chi connectivity index (χ1) is 10.1. The first-order valence-corrected chi connectivity index (χ1v) is 6.90. The van der Waals surface area contributed by atoms with E-state index >= 15 is 0 Å². The second-order valence-corrected chi connectivity index (χ2v) is 4.73. The number of nitro benzene ring substituents is 1. The summed E-state index contributed by atoms with van der Waals surface area (Å²) in [7, 11) is 0. The number of ether oxygens (including phenoxy) is 1. The Morgan fingerprint density at radius 1 is 1.19 bits per heavy atom. The van der Waals surface area contributed by atoms with Gasteiger partial charge in [0.15, 0.2) is 0 Å². The fourth-order valence-corrected chi connectivity index (χ4v) is 2.10. The van der Waals surface area contributed by atoms with E-state index in [1.165, 1.54) is 6.07 Å². The van der Waals surface area contributed by atoms with E-state index in [2.05, 4.69) is 5.32 Å². The molecule has 0 amide bonds. The SMILES string of the molecule is CCNCc1c(Cl)cccc1Oc1ccccc1[N+](=O)[O-]. The number of halogens is 1. The van der Waals surface area contributed by atoms with Crippen LogP contribution in [0.5, 0.6) is 11.5 Å². The molecule has 0 spiro atoms. The molecule has 0 saturated heterocycles. The molecule has 2 rings (SSSR count). The van der Waals surface area contributed by atoms with Crippen LogP contribution in [0.1, 0.15) is 12.5 Å². The lowest BCUT2D eigenvalue weighted by molar-refractivity contribution is -0.385. The lowest BCUT2D eigenvalue weighted by atomic mass is 10.2. The van der Waals surface area contributed by atoms with E-state index in [0.717, 1.165) is 12.1 Å². The molecule has 0 saturated carbocycles. The Morgan fingerprint density at radius 2 is 1.90 bits per heavy atom. The highest BCUT2D eigenvalue weighted by molar-refractivity contribution is 6.31. The van der Waals surface area contributed by atoms with Gasteiger partial charge in [-0.15, -0.1) is 0 Å². The van der Waals surface area contributed by atoms with Gasteiger partial charge in [-0.25, -0.2) is 0 Å². The number of hydrogen-bond donors (Lipinski definition) is 1. The van der Waals surface area contributed by atoms with Crippen LogP contribution in [0, 0.1) is 10.1 Å². The van der Waals surface area contributed by atoms with Crippen molar-refractivity contribution in [3.8, 4) is 11.5 Å². The maximum absolute atomic E-state index is 11.0. The molecular formula is C15H15ClN2O3. The summed E-state index contributed by atoms with van der Waals surface area (Å²) < 4.78 is 5.71. The normalized spacial score (nSPS) is 10.4. The highest BCUT2D eigenvalue weighted by Gasteiger charge is 2.16. The number of nitro groups is 1. The summed E-state index contributed by atoms with van der Waals surface area (Å²) in [6.07, 6.45) is 0. The standard InChI is InChI=1S/C15H15ClN2O3/c1-2-17-10-11-12(16)6-5-9-14(11)21-15-8-4-3-7-13(15)18(19)20/h3-9,17H,2,10H2,1H3. The molecule has 0 unspecified atom stereocenters. The summed E-state index contributed by atoms with van der Waals surface area (Å²) in [5.41, 5.74) is 0.700. The Balaban J connectivity index is 2.36. The van der Waals surface area contributed by atoms with Crippen LogP contribution in [-0.4, -0.2) is 11.5 Å². The van der Waals surface area contributed by atoms with E-state index in [1.54, 1.807) is 36.4 Å². The van der Waals surface area contributed by atoms with Gasteiger partial charge in [0.1, 0.15) is 5.75 Å². The lowest BCUT2D eigenvalue weighted by Gasteiger charge is -2.13. The van der Waals surface area contributed by atoms with Gasteiger partial charge < -0.3 is 10.1 Å². The highest BCUT2D eigenvalue weighted by Crippen LogP contribution is 2.34. The predicted molar refractivity (Wildman–Crippen MR) is 82.0 cm³/mol. The number of para-hydroxylation sites is 2. The molecule has 0 heterocycles. The maximum Gasteiger partial charge on any atom is 0.311 e. The minimum atomic E-state index is -0.468. The number of nitrogens with one attached hydrogen (secondary N) is 1. The Labute approximate surface area is 127 Å². The quantitative estimate of drug-likeness (QED) is 0.643. The van der Waals surface area contributed by atoms with Crippen molar-refractivity contribution in [2.75, 3.05) is 6.54 Å². The van der Waals surface area contributed by atoms with Gasteiger partial charge in [-0.2, -0.15) is 0 Å². The van der Waals surface area contributed by atoms with Gasteiger partial charge in [-0.05, 0) is 24.7 Å². The van der Waals surface area contributed by atoms with E-state index < -0.39 is 4.92 Å². The topological polar surface area (TPSA) is 64.4 Å². The Bertz CT molecular complexity index is 647. The Hall–Kier alpha value is -2.11. The molecule has 21 heavy (non-hydrogen) atoms. The van der Waals surface area contributed by atoms with E-state index in [0.29, 0.717) is 17.3 Å². The van der Waals surface area contributed by atoms with Crippen molar-refractivity contribution in [3.05, 3.63) is 63.2 Å². The van der Waals surface area contributed by atoms with Crippen molar-refractivity contribution >= 4 is 17.3 Å². The van der Waals surface area contributed by atoms with Crippen molar-refractivity contribution in [3.63, 3.8) is 0 Å². The van der Waals surface area contributed by atoms with Crippen LogP contribution < -0.4 is 10.1 Å². The minimum Gasteiger partial charge on any atom is -0.450 e. The largest absolute Gasteiger partial charge is 0.450 e. The van der Waals surface area contributed by atoms with Crippen molar-refractivity contribution in [2.45, 2.75) is 13.5 Å². The second-order valence-electron chi connectivity index (χ2n) is 4.32. The van der Waals surface area contributed by atoms with Crippen LogP contribution in [0.15, 0.2) is 42.5 Å². The fraction of sp³-hybridized carbons (Fsp3) is 0.200. The summed E-state index contributed by atoms with van der Waals surface area (Å²) in [5.74, 6) is 0.709. The molecular weight excluding hydrogens is 292 g/mol. The smallest absolute Gasteiger partial charge is 0.311 e. The first-order valence-electron chi connectivity index (χ1n) is 6.53. The van der Waals surface area contributed by atoms with Gasteiger partial charge in [0, 0.05) is 23.2 Å². The molecule has 0 aliphatic carbocycles. The predicted octanol–water partition coefficient (Wildman–Crippen LogP) is 4.15. The number of rotatable bonds is 6. The van der Waals surface area contributed by atoms with Crippen molar-refractivity contribution in [1.29, 1.82) is 0 Å². The second kappa shape index (κ2) is 7.06. The van der Waals surface area contributed by atoms with E-state index in [4.69, 9.17) is 16.3 Å². The number of benzene rings is 2. The van der Waals surface area contributed by atoms with Gasteiger partial charge in [-0.1, -0.05) is 36.7 Å². The molecule has 0 bridgehead atoms. The van der Waals surface area contributed by atoms with Crippen LogP contribution in [0.4, 0.5) is 5.69 Å². The molecule has 6 heteroatoms. The summed E-state index contributed by atoms with van der Waals surface area (Å²) in [4.78, 5) is 10.6. The molecule has 0 fully saturated rings. The van der Waals surface area contributed by atoms with Crippen molar-refractivity contribution < 1.29 is 9.66 Å². The van der Waals surface area contributed by atoms with Crippen molar-refractivity contribution in [1.82, 2.24) is 5.32 Å².